The van der Waals surface area contributed by atoms with Crippen LogP contribution in [-0.4, -0.2) is 38.1 Å². The second kappa shape index (κ2) is 11.4. The molecule has 1 aliphatic heterocycles. The molecular weight excluding hydrogens is 388 g/mol. The van der Waals surface area contributed by atoms with Crippen LogP contribution in [0.1, 0.15) is 42.4 Å². The molecule has 0 saturated carbocycles. The van der Waals surface area contributed by atoms with Gasteiger partial charge in [0.15, 0.2) is 0 Å². The Morgan fingerprint density at radius 2 is 2.00 bits per heavy atom. The summed E-state index contributed by atoms with van der Waals surface area (Å²) < 4.78 is 10.6. The maximum absolute atomic E-state index is 12.4. The number of carbonyl (C=O) groups excluding carboxylic acids is 1. The van der Waals surface area contributed by atoms with Crippen LogP contribution in [0.5, 0.6) is 11.5 Å². The first-order valence-electron chi connectivity index (χ1n) is 10.9. The molecule has 1 fully saturated rings. The Bertz CT molecular complexity index is 902. The van der Waals surface area contributed by atoms with Crippen LogP contribution in [0.2, 0.25) is 0 Å². The van der Waals surface area contributed by atoms with E-state index in [2.05, 4.69) is 28.3 Å². The molecule has 164 valence electrons. The summed E-state index contributed by atoms with van der Waals surface area (Å²) in [6, 6.07) is 13.9. The molecule has 1 amide bonds. The lowest BCUT2D eigenvalue weighted by atomic mass is 9.93. The molecule has 0 bridgehead atoms. The Morgan fingerprint density at radius 3 is 2.71 bits per heavy atom. The van der Waals surface area contributed by atoms with Gasteiger partial charge < -0.3 is 14.8 Å². The van der Waals surface area contributed by atoms with Crippen molar-refractivity contribution in [3.8, 4) is 23.8 Å². The molecule has 2 aromatic carbocycles. The molecule has 1 heterocycles. The number of likely N-dealkylation sites (tertiary alicyclic amines) is 1. The second-order valence-corrected chi connectivity index (χ2v) is 8.08. The van der Waals surface area contributed by atoms with Crippen molar-refractivity contribution in [2.75, 3.05) is 27.3 Å². The number of carbonyl (C=O) groups is 1. The van der Waals surface area contributed by atoms with Crippen molar-refractivity contribution in [1.82, 2.24) is 10.2 Å². The molecule has 3 rings (SSSR count). The molecular formula is C26H32N2O3. The van der Waals surface area contributed by atoms with Crippen molar-refractivity contribution in [1.29, 1.82) is 0 Å². The monoisotopic (exact) mass is 420 g/mol. The molecule has 0 spiro atoms. The van der Waals surface area contributed by atoms with Crippen LogP contribution in [-0.2, 0) is 17.9 Å². The van der Waals surface area contributed by atoms with Crippen molar-refractivity contribution >= 4 is 5.91 Å². The number of terminal acetylenes is 1. The van der Waals surface area contributed by atoms with Crippen LogP contribution in [0, 0.1) is 18.3 Å². The van der Waals surface area contributed by atoms with E-state index >= 15 is 0 Å². The SMILES string of the molecule is C#Cc1ccc(CN2CCC[C@@H](CCC(=O)NCc3ccc(OC)cc3OC)C2)cc1. The zero-order valence-corrected chi connectivity index (χ0v) is 18.5. The van der Waals surface area contributed by atoms with Crippen molar-refractivity contribution < 1.29 is 14.3 Å². The number of nitrogens with one attached hydrogen (secondary N) is 1. The molecule has 5 heteroatoms. The molecule has 0 unspecified atom stereocenters. The Morgan fingerprint density at radius 1 is 1.19 bits per heavy atom. The average Bonchev–Trinajstić information content (AvgIpc) is 2.82. The van der Waals surface area contributed by atoms with Crippen molar-refractivity contribution in [3.05, 3.63) is 59.2 Å². The summed E-state index contributed by atoms with van der Waals surface area (Å²) in [5, 5.41) is 3.02. The number of hydrogen-bond donors (Lipinski definition) is 1. The van der Waals surface area contributed by atoms with E-state index in [1.54, 1.807) is 14.2 Å². The summed E-state index contributed by atoms with van der Waals surface area (Å²) in [7, 11) is 3.25. The summed E-state index contributed by atoms with van der Waals surface area (Å²) in [4.78, 5) is 14.9. The highest BCUT2D eigenvalue weighted by atomic mass is 16.5. The molecule has 1 aliphatic rings. The highest BCUT2D eigenvalue weighted by molar-refractivity contribution is 5.75. The molecule has 0 aromatic heterocycles. The third kappa shape index (κ3) is 6.77. The molecule has 0 aliphatic carbocycles. The van der Waals surface area contributed by atoms with E-state index in [1.165, 1.54) is 18.4 Å². The standard InChI is InChI=1S/C26H32N2O3/c1-4-20-7-9-22(10-8-20)19-28-15-5-6-21(18-28)11-14-26(29)27-17-23-12-13-24(30-2)16-25(23)31-3/h1,7-10,12-13,16,21H,5-6,11,14-15,17-19H2,2-3H3,(H,27,29)/t21-/m0/s1. The fourth-order valence-corrected chi connectivity index (χ4v) is 4.11. The number of rotatable bonds is 9. The normalized spacial score (nSPS) is 16.4. The van der Waals surface area contributed by atoms with Gasteiger partial charge in [-0.1, -0.05) is 18.1 Å². The Labute approximate surface area is 185 Å². The molecule has 2 aromatic rings. The van der Waals surface area contributed by atoms with Crippen LogP contribution < -0.4 is 14.8 Å². The van der Waals surface area contributed by atoms with Gasteiger partial charge in [0.25, 0.3) is 0 Å². The van der Waals surface area contributed by atoms with E-state index < -0.39 is 0 Å². The summed E-state index contributed by atoms with van der Waals surface area (Å²) >= 11 is 0. The lowest BCUT2D eigenvalue weighted by Gasteiger charge is -2.32. The maximum atomic E-state index is 12.4. The first-order valence-corrected chi connectivity index (χ1v) is 10.9. The topological polar surface area (TPSA) is 50.8 Å². The highest BCUT2D eigenvalue weighted by Gasteiger charge is 2.20. The Hall–Kier alpha value is -2.97. The molecule has 1 atom stereocenters. The lowest BCUT2D eigenvalue weighted by molar-refractivity contribution is -0.121. The van der Waals surface area contributed by atoms with Gasteiger partial charge in [-0.2, -0.15) is 0 Å². The van der Waals surface area contributed by atoms with E-state index in [0.717, 1.165) is 48.7 Å². The largest absolute Gasteiger partial charge is 0.497 e. The molecule has 5 nitrogen and oxygen atoms in total. The van der Waals surface area contributed by atoms with Gasteiger partial charge >= 0.3 is 0 Å². The molecule has 1 N–H and O–H groups in total. The Kier molecular flexibility index (Phi) is 8.37. The minimum atomic E-state index is 0.0832. The molecule has 1 saturated heterocycles. The number of amides is 1. The minimum Gasteiger partial charge on any atom is -0.497 e. The van der Waals surface area contributed by atoms with Gasteiger partial charge in [-0.05, 0) is 61.6 Å². The number of nitrogens with zero attached hydrogens (tertiary/aromatic N) is 1. The maximum Gasteiger partial charge on any atom is 0.220 e. The van der Waals surface area contributed by atoms with Crippen LogP contribution in [0.3, 0.4) is 0 Å². The zero-order valence-electron chi connectivity index (χ0n) is 18.5. The summed E-state index contributed by atoms with van der Waals surface area (Å²) in [6.45, 7) is 3.54. The highest BCUT2D eigenvalue weighted by Crippen LogP contribution is 2.25. The fraction of sp³-hybridized carbons (Fsp3) is 0.423. The smallest absolute Gasteiger partial charge is 0.220 e. The predicted molar refractivity (Wildman–Crippen MR) is 123 cm³/mol. The van der Waals surface area contributed by atoms with Gasteiger partial charge in [-0.15, -0.1) is 6.42 Å². The number of piperidine rings is 1. The number of benzene rings is 2. The predicted octanol–water partition coefficient (Wildman–Crippen LogP) is 3.99. The first kappa shape index (κ1) is 22.7. The van der Waals surface area contributed by atoms with Gasteiger partial charge in [0, 0.05) is 43.2 Å². The van der Waals surface area contributed by atoms with Crippen LogP contribution in [0.25, 0.3) is 0 Å². The molecule has 31 heavy (non-hydrogen) atoms. The summed E-state index contributed by atoms with van der Waals surface area (Å²) in [5.74, 6) is 4.76. The Balaban J connectivity index is 1.43. The quantitative estimate of drug-likeness (QED) is 0.623. The average molecular weight is 421 g/mol. The fourth-order valence-electron chi connectivity index (χ4n) is 4.11. The van der Waals surface area contributed by atoms with Gasteiger partial charge in [0.05, 0.1) is 14.2 Å². The van der Waals surface area contributed by atoms with E-state index in [-0.39, 0.29) is 5.91 Å². The lowest BCUT2D eigenvalue weighted by Crippen LogP contribution is -2.35. The minimum absolute atomic E-state index is 0.0832. The van der Waals surface area contributed by atoms with Crippen molar-refractivity contribution in [2.45, 2.75) is 38.8 Å². The number of ether oxygens (including phenoxy) is 2. The van der Waals surface area contributed by atoms with E-state index in [9.17, 15) is 4.79 Å². The van der Waals surface area contributed by atoms with Gasteiger partial charge in [-0.3, -0.25) is 9.69 Å². The van der Waals surface area contributed by atoms with Crippen LogP contribution in [0.15, 0.2) is 42.5 Å². The van der Waals surface area contributed by atoms with Gasteiger partial charge in [0.1, 0.15) is 11.5 Å². The van der Waals surface area contributed by atoms with E-state index in [0.29, 0.717) is 18.9 Å². The van der Waals surface area contributed by atoms with Gasteiger partial charge in [-0.25, -0.2) is 0 Å². The summed E-state index contributed by atoms with van der Waals surface area (Å²) in [5.41, 5.74) is 3.14. The number of hydrogen-bond acceptors (Lipinski definition) is 4. The van der Waals surface area contributed by atoms with Crippen molar-refractivity contribution in [3.63, 3.8) is 0 Å². The van der Waals surface area contributed by atoms with Crippen LogP contribution in [0.4, 0.5) is 0 Å². The molecule has 0 radical (unpaired) electrons. The number of methoxy groups -OCH3 is 2. The van der Waals surface area contributed by atoms with Gasteiger partial charge in [0.2, 0.25) is 5.91 Å². The van der Waals surface area contributed by atoms with E-state index in [1.807, 2.05) is 30.3 Å². The van der Waals surface area contributed by atoms with Crippen molar-refractivity contribution in [2.24, 2.45) is 5.92 Å². The zero-order chi connectivity index (χ0) is 22.1. The van der Waals surface area contributed by atoms with Crippen LogP contribution >= 0.6 is 0 Å². The second-order valence-electron chi connectivity index (χ2n) is 8.08. The third-order valence-electron chi connectivity index (χ3n) is 5.88. The third-order valence-corrected chi connectivity index (χ3v) is 5.88. The first-order chi connectivity index (χ1) is 15.1. The van der Waals surface area contributed by atoms with E-state index in [4.69, 9.17) is 15.9 Å². The summed E-state index contributed by atoms with van der Waals surface area (Å²) in [6.07, 6.45) is 9.27.